The predicted molar refractivity (Wildman–Crippen MR) is 106 cm³/mol. The third-order valence-electron chi connectivity index (χ3n) is 4.74. The van der Waals surface area contributed by atoms with Crippen LogP contribution >= 0.6 is 0 Å². The number of pyridine rings is 1. The van der Waals surface area contributed by atoms with Crippen LogP contribution in [0.15, 0.2) is 46.8 Å². The van der Waals surface area contributed by atoms with Crippen LogP contribution in [0.5, 0.6) is 0 Å². The minimum atomic E-state index is -4.49. The zero-order chi connectivity index (χ0) is 22.6. The molecular formula is C21H20F3N3O4. The molecule has 10 heteroatoms. The molecule has 0 atom stereocenters. The lowest BCUT2D eigenvalue weighted by atomic mass is 9.99. The fourth-order valence-corrected chi connectivity index (χ4v) is 3.01. The Morgan fingerprint density at radius 2 is 2.00 bits per heavy atom. The molecule has 1 aliphatic rings. The van der Waals surface area contributed by atoms with Gasteiger partial charge >= 0.3 is 12.1 Å². The molecule has 31 heavy (non-hydrogen) atoms. The van der Waals surface area contributed by atoms with Crippen LogP contribution in [-0.4, -0.2) is 34.6 Å². The van der Waals surface area contributed by atoms with Crippen molar-refractivity contribution >= 4 is 17.4 Å². The highest BCUT2D eigenvalue weighted by Crippen LogP contribution is 2.35. The zero-order valence-corrected chi connectivity index (χ0v) is 16.8. The molecular weight excluding hydrogens is 415 g/mol. The first-order valence-corrected chi connectivity index (χ1v) is 9.39. The summed E-state index contributed by atoms with van der Waals surface area (Å²) in [6.45, 7) is 1.67. The third kappa shape index (κ3) is 5.39. The number of aromatic nitrogens is 1. The number of hydrogen-bond acceptors (Lipinski definition) is 6. The van der Waals surface area contributed by atoms with Crippen molar-refractivity contribution < 1.29 is 32.7 Å². The summed E-state index contributed by atoms with van der Waals surface area (Å²) >= 11 is 0. The number of aliphatic carboxylic acids is 1. The van der Waals surface area contributed by atoms with E-state index in [1.54, 1.807) is 25.1 Å². The lowest BCUT2D eigenvalue weighted by Crippen LogP contribution is -2.18. The molecule has 1 aromatic carbocycles. The van der Waals surface area contributed by atoms with E-state index in [2.05, 4.69) is 20.1 Å². The second-order valence-corrected chi connectivity index (χ2v) is 6.98. The van der Waals surface area contributed by atoms with Gasteiger partial charge in [0.25, 0.3) is 0 Å². The van der Waals surface area contributed by atoms with Crippen LogP contribution in [0.25, 0.3) is 0 Å². The molecule has 0 saturated heterocycles. The molecule has 1 fully saturated rings. The second kappa shape index (κ2) is 9.15. The Balaban J connectivity index is 1.89. The van der Waals surface area contributed by atoms with Crippen molar-refractivity contribution in [2.24, 2.45) is 16.2 Å². The van der Waals surface area contributed by atoms with Crippen molar-refractivity contribution in [2.45, 2.75) is 32.5 Å². The standard InChI is InChI=1S/C21H20F3N3O4/c1-12-4-3-5-15(19(20(28)29)26-30-2)16(12)11-31-27-18(13-6-7-13)17-10-14(8-9-25-17)21(22,23)24/h3-5,8-10,13H,6-7,11H2,1-2H3,(H,28,29). The number of carboxylic acid groups (broad SMARTS) is 1. The number of nitrogens with zero attached hydrogens (tertiary/aromatic N) is 3. The predicted octanol–water partition coefficient (Wildman–Crippen LogP) is 4.17. The van der Waals surface area contributed by atoms with Gasteiger partial charge in [0.2, 0.25) is 0 Å². The maximum atomic E-state index is 13.0. The molecule has 164 valence electrons. The molecule has 1 heterocycles. The number of carboxylic acids is 1. The summed E-state index contributed by atoms with van der Waals surface area (Å²) < 4.78 is 39.1. The summed E-state index contributed by atoms with van der Waals surface area (Å²) in [4.78, 5) is 25.7. The summed E-state index contributed by atoms with van der Waals surface area (Å²) in [5.74, 6) is -1.30. The van der Waals surface area contributed by atoms with Gasteiger partial charge < -0.3 is 14.8 Å². The molecule has 0 aliphatic heterocycles. The van der Waals surface area contributed by atoms with Gasteiger partial charge in [0, 0.05) is 23.2 Å². The molecule has 1 aliphatic carbocycles. The molecule has 0 unspecified atom stereocenters. The van der Waals surface area contributed by atoms with Crippen LogP contribution in [0, 0.1) is 12.8 Å². The van der Waals surface area contributed by atoms with Crippen molar-refractivity contribution in [3.63, 3.8) is 0 Å². The number of benzene rings is 1. The van der Waals surface area contributed by atoms with Crippen molar-refractivity contribution in [2.75, 3.05) is 7.11 Å². The van der Waals surface area contributed by atoms with Gasteiger partial charge in [0.15, 0.2) is 5.71 Å². The van der Waals surface area contributed by atoms with Crippen molar-refractivity contribution in [1.29, 1.82) is 0 Å². The van der Waals surface area contributed by atoms with E-state index >= 15 is 0 Å². The third-order valence-corrected chi connectivity index (χ3v) is 4.74. The molecule has 1 saturated carbocycles. The van der Waals surface area contributed by atoms with Gasteiger partial charge in [-0.05, 0) is 37.5 Å². The van der Waals surface area contributed by atoms with Gasteiger partial charge in [-0.25, -0.2) is 4.79 Å². The molecule has 0 spiro atoms. The summed E-state index contributed by atoms with van der Waals surface area (Å²) in [6, 6.07) is 6.87. The first kappa shape index (κ1) is 22.3. The first-order valence-electron chi connectivity index (χ1n) is 9.39. The molecule has 7 nitrogen and oxygen atoms in total. The molecule has 2 aromatic rings. The van der Waals surface area contributed by atoms with Gasteiger partial charge in [-0.15, -0.1) is 0 Å². The topological polar surface area (TPSA) is 93.4 Å². The van der Waals surface area contributed by atoms with E-state index in [4.69, 9.17) is 4.84 Å². The van der Waals surface area contributed by atoms with Crippen LogP contribution in [0.2, 0.25) is 0 Å². The van der Waals surface area contributed by atoms with E-state index in [0.717, 1.165) is 36.7 Å². The van der Waals surface area contributed by atoms with Crippen LogP contribution in [0.4, 0.5) is 13.2 Å². The fraction of sp³-hybridized carbons (Fsp3) is 0.333. The quantitative estimate of drug-likeness (QED) is 0.496. The number of rotatable bonds is 8. The van der Waals surface area contributed by atoms with Crippen molar-refractivity contribution in [1.82, 2.24) is 4.98 Å². The molecule has 1 N–H and O–H groups in total. The Labute approximate surface area is 176 Å². The molecule has 0 amide bonds. The Kier molecular flexibility index (Phi) is 6.57. The van der Waals surface area contributed by atoms with Crippen molar-refractivity contribution in [3.05, 3.63) is 64.5 Å². The smallest absolute Gasteiger partial charge is 0.416 e. The lowest BCUT2D eigenvalue weighted by Gasteiger charge is -2.12. The number of oxime groups is 2. The van der Waals surface area contributed by atoms with E-state index in [9.17, 15) is 23.1 Å². The monoisotopic (exact) mass is 435 g/mol. The van der Waals surface area contributed by atoms with Gasteiger partial charge in [-0.3, -0.25) is 4.98 Å². The largest absolute Gasteiger partial charge is 0.476 e. The number of hydrogen-bond donors (Lipinski definition) is 1. The average molecular weight is 435 g/mol. The Bertz CT molecular complexity index is 1030. The molecule has 3 rings (SSSR count). The van der Waals surface area contributed by atoms with Crippen LogP contribution < -0.4 is 0 Å². The zero-order valence-electron chi connectivity index (χ0n) is 16.8. The number of carbonyl (C=O) groups is 1. The summed E-state index contributed by atoms with van der Waals surface area (Å²) in [7, 11) is 1.24. The van der Waals surface area contributed by atoms with Crippen molar-refractivity contribution in [3.8, 4) is 0 Å². The Hall–Kier alpha value is -3.43. The number of halogens is 3. The van der Waals surface area contributed by atoms with Gasteiger partial charge in [-0.2, -0.15) is 13.2 Å². The maximum absolute atomic E-state index is 13.0. The van der Waals surface area contributed by atoms with E-state index in [1.165, 1.54) is 7.11 Å². The highest BCUT2D eigenvalue weighted by molar-refractivity contribution is 6.42. The van der Waals surface area contributed by atoms with Crippen LogP contribution in [-0.2, 0) is 27.3 Å². The van der Waals surface area contributed by atoms with E-state index < -0.39 is 17.7 Å². The number of aryl methyl sites for hydroxylation is 1. The summed E-state index contributed by atoms with van der Waals surface area (Å²) in [5, 5.41) is 17.1. The highest BCUT2D eigenvalue weighted by Gasteiger charge is 2.34. The first-order chi connectivity index (χ1) is 14.7. The van der Waals surface area contributed by atoms with E-state index in [0.29, 0.717) is 16.8 Å². The van der Waals surface area contributed by atoms with Gasteiger partial charge in [0.05, 0.1) is 11.3 Å². The Morgan fingerprint density at radius 1 is 1.26 bits per heavy atom. The van der Waals surface area contributed by atoms with Gasteiger partial charge in [-0.1, -0.05) is 28.5 Å². The van der Waals surface area contributed by atoms with E-state index in [-0.39, 0.29) is 23.9 Å². The van der Waals surface area contributed by atoms with Crippen LogP contribution in [0.3, 0.4) is 0 Å². The highest BCUT2D eigenvalue weighted by atomic mass is 19.4. The summed E-state index contributed by atoms with van der Waals surface area (Å²) in [6.07, 6.45) is -1.84. The number of alkyl halides is 3. The molecule has 0 bridgehead atoms. The molecule has 0 radical (unpaired) electrons. The lowest BCUT2D eigenvalue weighted by molar-refractivity contribution is -0.137. The fourth-order valence-electron chi connectivity index (χ4n) is 3.01. The van der Waals surface area contributed by atoms with Gasteiger partial charge in [0.1, 0.15) is 19.4 Å². The van der Waals surface area contributed by atoms with E-state index in [1.807, 2.05) is 0 Å². The minimum absolute atomic E-state index is 0.0306. The molecule has 1 aromatic heterocycles. The SMILES string of the molecule is CON=C(C(=O)O)c1cccc(C)c1CON=C(c1cc(C(F)(F)F)ccn1)C1CC1. The summed E-state index contributed by atoms with van der Waals surface area (Å²) in [5.41, 5.74) is 0.902. The average Bonchev–Trinajstić information content (AvgIpc) is 3.55. The minimum Gasteiger partial charge on any atom is -0.476 e. The normalized spacial score (nSPS) is 15.0. The Morgan fingerprint density at radius 3 is 2.61 bits per heavy atom. The maximum Gasteiger partial charge on any atom is 0.416 e. The second-order valence-electron chi connectivity index (χ2n) is 6.98. The van der Waals surface area contributed by atoms with Crippen LogP contribution in [0.1, 0.15) is 40.8 Å².